The molecule has 0 bridgehead atoms. The lowest BCUT2D eigenvalue weighted by Crippen LogP contribution is -2.24. The average Bonchev–Trinajstić information content (AvgIpc) is 2.53. The van der Waals surface area contributed by atoms with E-state index in [2.05, 4.69) is 18.6 Å². The summed E-state index contributed by atoms with van der Waals surface area (Å²) in [7, 11) is -3.34. The molecule has 1 N–H and O–H groups in total. The van der Waals surface area contributed by atoms with E-state index in [4.69, 9.17) is 0 Å². The highest BCUT2D eigenvalue weighted by atomic mass is 32.2. The lowest BCUT2D eigenvalue weighted by Gasteiger charge is -2.07. The summed E-state index contributed by atoms with van der Waals surface area (Å²) in [5.74, 6) is 0. The molecular formula is C18H31NO2S. The number of rotatable bonds is 12. The van der Waals surface area contributed by atoms with Crippen LogP contribution in [0.2, 0.25) is 0 Å². The van der Waals surface area contributed by atoms with E-state index in [-0.39, 0.29) is 0 Å². The summed E-state index contributed by atoms with van der Waals surface area (Å²) in [6.45, 7) is 4.82. The van der Waals surface area contributed by atoms with Gasteiger partial charge in [0, 0.05) is 6.54 Å². The number of unbranched alkanes of at least 4 members (excludes halogenated alkanes) is 7. The third-order valence-corrected chi connectivity index (χ3v) is 5.44. The molecule has 1 aromatic carbocycles. The van der Waals surface area contributed by atoms with Gasteiger partial charge < -0.3 is 0 Å². The summed E-state index contributed by atoms with van der Waals surface area (Å²) < 4.78 is 27.0. The molecule has 0 aliphatic carbocycles. The first kappa shape index (κ1) is 19.2. The highest BCUT2D eigenvalue weighted by Gasteiger charge is 2.12. The summed E-state index contributed by atoms with van der Waals surface area (Å²) in [6.07, 6.45) is 10.7. The molecule has 1 rings (SSSR count). The smallest absolute Gasteiger partial charge is 0.211 e. The van der Waals surface area contributed by atoms with E-state index < -0.39 is 10.0 Å². The van der Waals surface area contributed by atoms with Crippen LogP contribution < -0.4 is 4.72 Å². The standard InChI is InChI=1S/C18H31NO2S/c1-3-5-6-7-8-9-10-11-16-19-22(20,21)18-14-12-17(4-2)13-15-18/h12-15,19H,3-11,16H2,1-2H3. The van der Waals surface area contributed by atoms with Crippen molar-refractivity contribution in [1.29, 1.82) is 0 Å². The third kappa shape index (κ3) is 7.41. The first-order chi connectivity index (χ1) is 10.6. The molecule has 0 aliphatic heterocycles. The number of sulfonamides is 1. The van der Waals surface area contributed by atoms with Crippen LogP contribution >= 0.6 is 0 Å². The van der Waals surface area contributed by atoms with Crippen molar-refractivity contribution in [2.75, 3.05) is 6.54 Å². The molecule has 0 radical (unpaired) electrons. The van der Waals surface area contributed by atoms with Gasteiger partial charge in [-0.1, -0.05) is 70.9 Å². The van der Waals surface area contributed by atoms with E-state index in [1.807, 2.05) is 12.1 Å². The lowest BCUT2D eigenvalue weighted by molar-refractivity contribution is 0.559. The fourth-order valence-electron chi connectivity index (χ4n) is 2.45. The number of hydrogen-bond donors (Lipinski definition) is 1. The minimum absolute atomic E-state index is 0.365. The molecule has 1 aromatic rings. The Balaban J connectivity index is 2.20. The van der Waals surface area contributed by atoms with E-state index in [0.29, 0.717) is 11.4 Å². The molecule has 0 unspecified atom stereocenters. The fraction of sp³-hybridized carbons (Fsp3) is 0.667. The van der Waals surface area contributed by atoms with Gasteiger partial charge >= 0.3 is 0 Å². The van der Waals surface area contributed by atoms with Crippen LogP contribution in [0.5, 0.6) is 0 Å². The largest absolute Gasteiger partial charge is 0.240 e. The molecule has 0 spiro atoms. The number of aryl methyl sites for hydroxylation is 1. The fourth-order valence-corrected chi connectivity index (χ4v) is 3.53. The maximum atomic E-state index is 12.1. The van der Waals surface area contributed by atoms with Gasteiger partial charge in [-0.25, -0.2) is 13.1 Å². The molecule has 126 valence electrons. The predicted octanol–water partition coefficient (Wildman–Crippen LogP) is 4.67. The van der Waals surface area contributed by atoms with Crippen molar-refractivity contribution in [2.45, 2.75) is 76.5 Å². The van der Waals surface area contributed by atoms with Gasteiger partial charge in [0.1, 0.15) is 0 Å². The Kier molecular flexibility index (Phi) is 9.41. The number of benzene rings is 1. The van der Waals surface area contributed by atoms with Gasteiger partial charge in [-0.15, -0.1) is 0 Å². The van der Waals surface area contributed by atoms with Crippen molar-refractivity contribution < 1.29 is 8.42 Å². The topological polar surface area (TPSA) is 46.2 Å². The summed E-state index contributed by atoms with van der Waals surface area (Å²) >= 11 is 0. The Bertz CT molecular complexity index is 494. The highest BCUT2D eigenvalue weighted by Crippen LogP contribution is 2.12. The normalized spacial score (nSPS) is 11.7. The van der Waals surface area contributed by atoms with E-state index >= 15 is 0 Å². The average molecular weight is 326 g/mol. The second-order valence-corrected chi connectivity index (χ2v) is 7.64. The minimum Gasteiger partial charge on any atom is -0.211 e. The molecule has 4 heteroatoms. The Labute approximate surface area is 136 Å². The van der Waals surface area contributed by atoms with Gasteiger partial charge in [0.25, 0.3) is 0 Å². The third-order valence-electron chi connectivity index (χ3n) is 3.96. The molecule has 0 amide bonds. The Morgan fingerprint density at radius 3 is 1.91 bits per heavy atom. The zero-order chi connectivity index (χ0) is 16.3. The van der Waals surface area contributed by atoms with Crippen molar-refractivity contribution in [3.8, 4) is 0 Å². The molecule has 3 nitrogen and oxygen atoms in total. The molecule has 0 heterocycles. The van der Waals surface area contributed by atoms with E-state index in [1.54, 1.807) is 12.1 Å². The molecular weight excluding hydrogens is 294 g/mol. The Morgan fingerprint density at radius 2 is 1.36 bits per heavy atom. The Hall–Kier alpha value is -0.870. The van der Waals surface area contributed by atoms with Gasteiger partial charge in [0.2, 0.25) is 10.0 Å². The monoisotopic (exact) mass is 325 g/mol. The second kappa shape index (κ2) is 10.8. The minimum atomic E-state index is -3.34. The van der Waals surface area contributed by atoms with Crippen LogP contribution in [0.25, 0.3) is 0 Å². The molecule has 0 aromatic heterocycles. The van der Waals surface area contributed by atoms with E-state index in [1.165, 1.54) is 38.5 Å². The first-order valence-electron chi connectivity index (χ1n) is 8.68. The molecule has 0 atom stereocenters. The van der Waals surface area contributed by atoms with Gasteiger partial charge in [-0.3, -0.25) is 0 Å². The van der Waals surface area contributed by atoms with Gasteiger partial charge in [0.15, 0.2) is 0 Å². The second-order valence-electron chi connectivity index (χ2n) is 5.87. The quantitative estimate of drug-likeness (QED) is 0.568. The van der Waals surface area contributed by atoms with Crippen LogP contribution in [0.1, 0.15) is 70.8 Å². The lowest BCUT2D eigenvalue weighted by atomic mass is 10.1. The zero-order valence-electron chi connectivity index (χ0n) is 14.1. The first-order valence-corrected chi connectivity index (χ1v) is 10.2. The van der Waals surface area contributed by atoms with Gasteiger partial charge in [-0.05, 0) is 30.5 Å². The summed E-state index contributed by atoms with van der Waals surface area (Å²) in [4.78, 5) is 0.365. The van der Waals surface area contributed by atoms with Gasteiger partial charge in [0.05, 0.1) is 4.90 Å². The van der Waals surface area contributed by atoms with E-state index in [0.717, 1.165) is 24.8 Å². The van der Waals surface area contributed by atoms with Crippen molar-refractivity contribution in [3.63, 3.8) is 0 Å². The molecule has 0 aliphatic rings. The van der Waals surface area contributed by atoms with Crippen molar-refractivity contribution >= 4 is 10.0 Å². The van der Waals surface area contributed by atoms with Crippen molar-refractivity contribution in [2.24, 2.45) is 0 Å². The van der Waals surface area contributed by atoms with Crippen LogP contribution in [-0.4, -0.2) is 15.0 Å². The summed E-state index contributed by atoms with van der Waals surface area (Å²) in [5.41, 5.74) is 1.15. The van der Waals surface area contributed by atoms with Crippen molar-refractivity contribution in [3.05, 3.63) is 29.8 Å². The SMILES string of the molecule is CCCCCCCCCCNS(=O)(=O)c1ccc(CC)cc1. The molecule has 0 saturated heterocycles. The molecule has 22 heavy (non-hydrogen) atoms. The Morgan fingerprint density at radius 1 is 0.818 bits per heavy atom. The number of nitrogens with one attached hydrogen (secondary N) is 1. The molecule has 0 fully saturated rings. The highest BCUT2D eigenvalue weighted by molar-refractivity contribution is 7.89. The van der Waals surface area contributed by atoms with Gasteiger partial charge in [-0.2, -0.15) is 0 Å². The van der Waals surface area contributed by atoms with E-state index in [9.17, 15) is 8.42 Å². The molecule has 0 saturated carbocycles. The van der Waals surface area contributed by atoms with Crippen LogP contribution in [0, 0.1) is 0 Å². The van der Waals surface area contributed by atoms with Crippen LogP contribution in [0.4, 0.5) is 0 Å². The zero-order valence-corrected chi connectivity index (χ0v) is 14.9. The van der Waals surface area contributed by atoms with Crippen LogP contribution in [-0.2, 0) is 16.4 Å². The number of hydrogen-bond acceptors (Lipinski definition) is 2. The summed E-state index contributed by atoms with van der Waals surface area (Å²) in [5, 5.41) is 0. The predicted molar refractivity (Wildman–Crippen MR) is 93.6 cm³/mol. The maximum Gasteiger partial charge on any atom is 0.240 e. The summed E-state index contributed by atoms with van der Waals surface area (Å²) in [6, 6.07) is 7.14. The van der Waals surface area contributed by atoms with Crippen molar-refractivity contribution in [1.82, 2.24) is 4.72 Å². The van der Waals surface area contributed by atoms with Crippen LogP contribution in [0.3, 0.4) is 0 Å². The van der Waals surface area contributed by atoms with Crippen LogP contribution in [0.15, 0.2) is 29.2 Å². The maximum absolute atomic E-state index is 12.1.